The SMILES string of the molecule is COC[C@@H](NC1=C(F)C=C(C#N)C(Cl)N1)[C@H](C)N. The number of alkyl halides is 1. The Balaban J connectivity index is 2.83. The van der Waals surface area contributed by atoms with Gasteiger partial charge in [-0.3, -0.25) is 0 Å². The van der Waals surface area contributed by atoms with E-state index in [-0.39, 0.29) is 23.5 Å². The molecule has 0 radical (unpaired) electrons. The third-order valence-corrected chi connectivity index (χ3v) is 2.85. The summed E-state index contributed by atoms with van der Waals surface area (Å²) in [5.41, 5.74) is 5.13. The van der Waals surface area contributed by atoms with E-state index >= 15 is 0 Å². The molecule has 7 heteroatoms. The molecule has 0 aliphatic carbocycles. The van der Waals surface area contributed by atoms with E-state index in [9.17, 15) is 4.39 Å². The summed E-state index contributed by atoms with van der Waals surface area (Å²) in [6.07, 6.45) is 1.10. The molecule has 1 heterocycles. The molecule has 3 atom stereocenters. The van der Waals surface area contributed by atoms with Crippen LogP contribution in [0.2, 0.25) is 0 Å². The van der Waals surface area contributed by atoms with Crippen molar-refractivity contribution < 1.29 is 9.13 Å². The van der Waals surface area contributed by atoms with Gasteiger partial charge in [-0.25, -0.2) is 4.39 Å². The van der Waals surface area contributed by atoms with Gasteiger partial charge in [-0.15, -0.1) is 0 Å². The van der Waals surface area contributed by atoms with Gasteiger partial charge in [0.15, 0.2) is 5.83 Å². The first-order valence-corrected chi connectivity index (χ1v) is 5.86. The topological polar surface area (TPSA) is 83.1 Å². The molecule has 1 aliphatic heterocycles. The fourth-order valence-corrected chi connectivity index (χ4v) is 1.67. The molecule has 0 aromatic rings. The van der Waals surface area contributed by atoms with E-state index in [0.29, 0.717) is 6.61 Å². The van der Waals surface area contributed by atoms with E-state index < -0.39 is 11.3 Å². The van der Waals surface area contributed by atoms with Crippen molar-refractivity contribution in [1.82, 2.24) is 10.6 Å². The summed E-state index contributed by atoms with van der Waals surface area (Å²) >= 11 is 5.88. The van der Waals surface area contributed by atoms with E-state index in [1.807, 2.05) is 6.07 Å². The van der Waals surface area contributed by atoms with Crippen LogP contribution in [-0.2, 0) is 4.74 Å². The van der Waals surface area contributed by atoms with Crippen LogP contribution in [0.25, 0.3) is 0 Å². The van der Waals surface area contributed by atoms with Crippen molar-refractivity contribution in [2.75, 3.05) is 13.7 Å². The van der Waals surface area contributed by atoms with Crippen molar-refractivity contribution in [3.05, 3.63) is 23.3 Å². The normalized spacial score (nSPS) is 22.7. The van der Waals surface area contributed by atoms with Crippen molar-refractivity contribution in [1.29, 1.82) is 5.26 Å². The summed E-state index contributed by atoms with van der Waals surface area (Å²) in [6, 6.07) is 1.33. The number of hydrogen-bond donors (Lipinski definition) is 3. The standard InChI is InChI=1S/C11H16ClFN4O/c1-6(15)9(5-18-2)16-11-8(13)3-7(4-14)10(12)17-11/h3,6,9-10,16-17H,5,15H2,1-2H3/t6-,9+,10?/m0/s1. The predicted octanol–water partition coefficient (Wildman–Crippen LogP) is 0.695. The summed E-state index contributed by atoms with van der Waals surface area (Å²) in [5.74, 6) is -0.460. The Kier molecular flexibility index (Phi) is 5.41. The molecule has 0 aromatic heterocycles. The fraction of sp³-hybridized carbons (Fsp3) is 0.545. The second-order valence-electron chi connectivity index (χ2n) is 4.01. The first-order chi connectivity index (χ1) is 8.49. The largest absolute Gasteiger partial charge is 0.382 e. The number of hydrogen-bond acceptors (Lipinski definition) is 5. The maximum Gasteiger partial charge on any atom is 0.164 e. The van der Waals surface area contributed by atoms with Crippen LogP contribution < -0.4 is 16.4 Å². The van der Waals surface area contributed by atoms with Gasteiger partial charge in [0.2, 0.25) is 0 Å². The minimum absolute atomic E-state index is 0.119. The summed E-state index contributed by atoms with van der Waals surface area (Å²) in [7, 11) is 1.54. The zero-order chi connectivity index (χ0) is 13.7. The number of ether oxygens (including phenoxy) is 1. The second-order valence-corrected chi connectivity index (χ2v) is 4.44. The van der Waals surface area contributed by atoms with Gasteiger partial charge in [0.25, 0.3) is 0 Å². The molecular formula is C11H16ClFN4O. The highest BCUT2D eigenvalue weighted by Gasteiger charge is 2.23. The van der Waals surface area contributed by atoms with Crippen molar-refractivity contribution in [2.45, 2.75) is 24.5 Å². The molecule has 4 N–H and O–H groups in total. The van der Waals surface area contributed by atoms with Crippen LogP contribution >= 0.6 is 11.6 Å². The lowest BCUT2D eigenvalue weighted by atomic mass is 10.1. The van der Waals surface area contributed by atoms with Crippen LogP contribution in [0.5, 0.6) is 0 Å². The van der Waals surface area contributed by atoms with Crippen LogP contribution in [0, 0.1) is 11.3 Å². The quantitative estimate of drug-likeness (QED) is 0.508. The van der Waals surface area contributed by atoms with Gasteiger partial charge in [-0.05, 0) is 13.0 Å². The lowest BCUT2D eigenvalue weighted by molar-refractivity contribution is 0.160. The van der Waals surface area contributed by atoms with Gasteiger partial charge in [0.1, 0.15) is 11.3 Å². The van der Waals surface area contributed by atoms with Gasteiger partial charge in [-0.2, -0.15) is 5.26 Å². The van der Waals surface area contributed by atoms with Crippen LogP contribution in [0.1, 0.15) is 6.92 Å². The van der Waals surface area contributed by atoms with E-state index in [2.05, 4.69) is 10.6 Å². The number of nitrogens with one attached hydrogen (secondary N) is 2. The average molecular weight is 275 g/mol. The monoisotopic (exact) mass is 274 g/mol. The van der Waals surface area contributed by atoms with E-state index in [1.54, 1.807) is 6.92 Å². The highest BCUT2D eigenvalue weighted by Crippen LogP contribution is 2.19. The van der Waals surface area contributed by atoms with E-state index in [0.717, 1.165) is 6.08 Å². The molecule has 0 amide bonds. The summed E-state index contributed by atoms with van der Waals surface area (Å²) in [5, 5.41) is 14.3. The molecule has 0 spiro atoms. The van der Waals surface area contributed by atoms with Crippen LogP contribution in [-0.4, -0.2) is 31.3 Å². The van der Waals surface area contributed by atoms with Gasteiger partial charge < -0.3 is 21.1 Å². The molecule has 1 unspecified atom stereocenters. The van der Waals surface area contributed by atoms with Crippen LogP contribution in [0.15, 0.2) is 23.3 Å². The number of rotatable bonds is 5. The Labute approximate surface area is 110 Å². The van der Waals surface area contributed by atoms with Crippen molar-refractivity contribution in [2.24, 2.45) is 5.73 Å². The molecule has 1 aliphatic rings. The lowest BCUT2D eigenvalue weighted by Crippen LogP contribution is -2.49. The van der Waals surface area contributed by atoms with Gasteiger partial charge in [-0.1, -0.05) is 11.6 Å². The molecule has 5 nitrogen and oxygen atoms in total. The number of allylic oxidation sites excluding steroid dienone is 2. The van der Waals surface area contributed by atoms with E-state index in [4.69, 9.17) is 27.3 Å². The molecule has 18 heavy (non-hydrogen) atoms. The maximum absolute atomic E-state index is 13.7. The number of methoxy groups -OCH3 is 1. The number of nitriles is 1. The minimum Gasteiger partial charge on any atom is -0.382 e. The zero-order valence-corrected chi connectivity index (χ0v) is 11.0. The van der Waals surface area contributed by atoms with Crippen molar-refractivity contribution in [3.63, 3.8) is 0 Å². The van der Waals surface area contributed by atoms with Crippen LogP contribution in [0.3, 0.4) is 0 Å². The number of nitrogens with two attached hydrogens (primary N) is 1. The van der Waals surface area contributed by atoms with E-state index in [1.165, 1.54) is 7.11 Å². The fourth-order valence-electron chi connectivity index (χ4n) is 1.44. The zero-order valence-electron chi connectivity index (χ0n) is 10.2. The molecule has 0 aromatic carbocycles. The maximum atomic E-state index is 13.7. The second kappa shape index (κ2) is 6.59. The molecule has 0 bridgehead atoms. The molecule has 1 rings (SSSR count). The average Bonchev–Trinajstić information content (AvgIpc) is 2.32. The molecule has 0 fully saturated rings. The van der Waals surface area contributed by atoms with Crippen LogP contribution in [0.4, 0.5) is 4.39 Å². The van der Waals surface area contributed by atoms with Gasteiger partial charge in [0, 0.05) is 13.2 Å². The lowest BCUT2D eigenvalue weighted by Gasteiger charge is -2.28. The third-order valence-electron chi connectivity index (χ3n) is 2.50. The van der Waals surface area contributed by atoms with Gasteiger partial charge in [0.05, 0.1) is 24.3 Å². The number of halogens is 2. The summed E-state index contributed by atoms with van der Waals surface area (Å²) < 4.78 is 18.7. The smallest absolute Gasteiger partial charge is 0.164 e. The summed E-state index contributed by atoms with van der Waals surface area (Å²) in [6.45, 7) is 2.12. The Bertz CT molecular complexity index is 402. The first-order valence-electron chi connectivity index (χ1n) is 5.42. The Morgan fingerprint density at radius 3 is 2.94 bits per heavy atom. The molecule has 100 valence electrons. The third kappa shape index (κ3) is 3.60. The minimum atomic E-state index is -0.756. The van der Waals surface area contributed by atoms with Gasteiger partial charge >= 0.3 is 0 Å². The number of nitrogens with zero attached hydrogens (tertiary/aromatic N) is 1. The van der Waals surface area contributed by atoms with Crippen molar-refractivity contribution in [3.8, 4) is 6.07 Å². The van der Waals surface area contributed by atoms with Crippen molar-refractivity contribution >= 4 is 11.6 Å². The Morgan fingerprint density at radius 2 is 2.44 bits per heavy atom. The predicted molar refractivity (Wildman–Crippen MR) is 67.1 cm³/mol. The first kappa shape index (κ1) is 14.8. The Morgan fingerprint density at radius 1 is 1.78 bits per heavy atom. The molecule has 0 saturated carbocycles. The molecular weight excluding hydrogens is 259 g/mol. The number of dihydropyridines is 1. The summed E-state index contributed by atoms with van der Waals surface area (Å²) in [4.78, 5) is 0. The molecule has 0 saturated heterocycles. The highest BCUT2D eigenvalue weighted by molar-refractivity contribution is 6.22. The highest BCUT2D eigenvalue weighted by atomic mass is 35.5. The Hall–Kier alpha value is -1.29.